The first-order valence-electron chi connectivity index (χ1n) is 3.81. The molecule has 3 N–H and O–H groups in total. The largest absolute Gasteiger partial charge is 0.480 e. The van der Waals surface area contributed by atoms with Gasteiger partial charge in [0.05, 0.1) is 12.0 Å². The number of rotatable bonds is 3. The Balaban J connectivity index is 2.57. The molecule has 0 bridgehead atoms. The number of carbonyl (C=O) groups is 1. The van der Waals surface area contributed by atoms with Crippen molar-refractivity contribution in [1.29, 1.82) is 0 Å². The van der Waals surface area contributed by atoms with Crippen LogP contribution in [0.3, 0.4) is 0 Å². The summed E-state index contributed by atoms with van der Waals surface area (Å²) in [5.41, 5.74) is 0.345. The van der Waals surface area contributed by atoms with Gasteiger partial charge in [-0.15, -0.1) is 0 Å². The van der Waals surface area contributed by atoms with Crippen molar-refractivity contribution in [2.45, 2.75) is 19.3 Å². The normalized spacial score (nSPS) is 22.9. The molecule has 0 saturated carbocycles. The fourth-order valence-corrected chi connectivity index (χ4v) is 0.849. The van der Waals surface area contributed by atoms with Crippen molar-refractivity contribution < 1.29 is 19.7 Å². The Morgan fingerprint density at radius 1 is 1.77 bits per heavy atom. The molecule has 0 spiro atoms. The van der Waals surface area contributed by atoms with E-state index in [1.807, 2.05) is 0 Å². The highest BCUT2D eigenvalue weighted by Crippen LogP contribution is 2.07. The smallest absolute Gasteiger partial charge is 0.325 e. The van der Waals surface area contributed by atoms with Gasteiger partial charge in [0, 0.05) is 0 Å². The van der Waals surface area contributed by atoms with Crippen molar-refractivity contribution in [3.8, 4) is 0 Å². The molecular formula is C8H11NO4. The second-order valence-electron chi connectivity index (χ2n) is 2.64. The molecule has 1 rings (SSSR count). The fourth-order valence-electron chi connectivity index (χ4n) is 0.849. The van der Waals surface area contributed by atoms with Crippen molar-refractivity contribution in [3.63, 3.8) is 0 Å². The van der Waals surface area contributed by atoms with E-state index in [1.165, 1.54) is 13.2 Å². The molecule has 0 amide bonds. The molecule has 72 valence electrons. The molecule has 1 aliphatic heterocycles. The van der Waals surface area contributed by atoms with Crippen molar-refractivity contribution >= 4 is 5.97 Å². The molecule has 5 heteroatoms. The Kier molecular flexibility index (Phi) is 2.92. The van der Waals surface area contributed by atoms with E-state index in [2.05, 4.69) is 5.32 Å². The maximum atomic E-state index is 10.4. The van der Waals surface area contributed by atoms with Gasteiger partial charge in [0.1, 0.15) is 6.04 Å². The quantitative estimate of drug-likeness (QED) is 0.567. The molecule has 5 nitrogen and oxygen atoms in total. The van der Waals surface area contributed by atoms with Crippen LogP contribution in [0.5, 0.6) is 0 Å². The van der Waals surface area contributed by atoms with Gasteiger partial charge in [-0.3, -0.25) is 4.79 Å². The van der Waals surface area contributed by atoms with Crippen molar-refractivity contribution in [2.24, 2.45) is 0 Å². The summed E-state index contributed by atoms with van der Waals surface area (Å²) in [6.07, 6.45) is 3.37. The number of allylic oxidation sites excluding steroid dienone is 2. The standard InChI is InChI=1S/C8H11NO4/c1-5(7(10)11)9-6-3-2-4-13-8(6)12/h2-5,8-9,12H,1H3,(H,10,11)/t5-,8?/m0/s1. The van der Waals surface area contributed by atoms with Crippen LogP contribution in [-0.2, 0) is 9.53 Å². The van der Waals surface area contributed by atoms with E-state index in [0.29, 0.717) is 5.70 Å². The van der Waals surface area contributed by atoms with Crippen molar-refractivity contribution in [1.82, 2.24) is 5.32 Å². The van der Waals surface area contributed by atoms with Gasteiger partial charge in [0.25, 0.3) is 0 Å². The summed E-state index contributed by atoms with van der Waals surface area (Å²) in [4.78, 5) is 10.4. The van der Waals surface area contributed by atoms with Crippen LogP contribution in [0.15, 0.2) is 24.1 Å². The SMILES string of the molecule is C[C@H](NC1=CC=COC1O)C(=O)O. The number of nitrogens with one attached hydrogen (secondary N) is 1. The van der Waals surface area contributed by atoms with E-state index >= 15 is 0 Å². The Morgan fingerprint density at radius 3 is 3.00 bits per heavy atom. The number of hydrogen-bond acceptors (Lipinski definition) is 4. The van der Waals surface area contributed by atoms with Crippen LogP contribution in [-0.4, -0.2) is 28.5 Å². The third kappa shape index (κ3) is 2.48. The average Bonchev–Trinajstić information content (AvgIpc) is 2.08. The van der Waals surface area contributed by atoms with E-state index in [1.54, 1.807) is 12.2 Å². The summed E-state index contributed by atoms with van der Waals surface area (Å²) in [7, 11) is 0. The van der Waals surface area contributed by atoms with E-state index in [0.717, 1.165) is 0 Å². The summed E-state index contributed by atoms with van der Waals surface area (Å²) in [5, 5.41) is 20.4. The summed E-state index contributed by atoms with van der Waals surface area (Å²) >= 11 is 0. The molecule has 0 aromatic rings. The van der Waals surface area contributed by atoms with Gasteiger partial charge in [-0.05, 0) is 19.1 Å². The van der Waals surface area contributed by atoms with Crippen LogP contribution < -0.4 is 5.32 Å². The topological polar surface area (TPSA) is 78.8 Å². The van der Waals surface area contributed by atoms with Gasteiger partial charge < -0.3 is 20.3 Å². The minimum absolute atomic E-state index is 0.345. The summed E-state index contributed by atoms with van der Waals surface area (Å²) in [5.74, 6) is -0.984. The van der Waals surface area contributed by atoms with Crippen LogP contribution in [0, 0.1) is 0 Å². The molecule has 13 heavy (non-hydrogen) atoms. The number of aliphatic hydroxyl groups excluding tert-OH is 1. The van der Waals surface area contributed by atoms with Gasteiger partial charge in [0.15, 0.2) is 0 Å². The summed E-state index contributed by atoms with van der Waals surface area (Å²) < 4.78 is 4.72. The van der Waals surface area contributed by atoms with Crippen LogP contribution in [0.1, 0.15) is 6.92 Å². The van der Waals surface area contributed by atoms with Gasteiger partial charge in [-0.25, -0.2) is 0 Å². The van der Waals surface area contributed by atoms with Crippen molar-refractivity contribution in [2.75, 3.05) is 0 Å². The van der Waals surface area contributed by atoms with Crippen LogP contribution in [0.4, 0.5) is 0 Å². The molecule has 2 atom stereocenters. The first kappa shape index (κ1) is 9.60. The van der Waals surface area contributed by atoms with Gasteiger partial charge in [-0.2, -0.15) is 0 Å². The van der Waals surface area contributed by atoms with Crippen LogP contribution in [0.25, 0.3) is 0 Å². The molecular weight excluding hydrogens is 174 g/mol. The maximum Gasteiger partial charge on any atom is 0.325 e. The second kappa shape index (κ2) is 3.95. The van der Waals surface area contributed by atoms with Crippen molar-refractivity contribution in [3.05, 3.63) is 24.1 Å². The molecule has 1 unspecified atom stereocenters. The van der Waals surface area contributed by atoms with Crippen LogP contribution in [0.2, 0.25) is 0 Å². The lowest BCUT2D eigenvalue weighted by Gasteiger charge is -2.20. The molecule has 0 saturated heterocycles. The zero-order chi connectivity index (χ0) is 9.84. The summed E-state index contributed by atoms with van der Waals surface area (Å²) in [6.45, 7) is 1.48. The second-order valence-corrected chi connectivity index (χ2v) is 2.64. The van der Waals surface area contributed by atoms with E-state index in [-0.39, 0.29) is 0 Å². The highest BCUT2D eigenvalue weighted by atomic mass is 16.6. The molecule has 0 aliphatic carbocycles. The minimum Gasteiger partial charge on any atom is -0.480 e. The number of ether oxygens (including phenoxy) is 1. The Bertz CT molecular complexity index is 259. The predicted molar refractivity (Wildman–Crippen MR) is 44.5 cm³/mol. The highest BCUT2D eigenvalue weighted by Gasteiger charge is 2.18. The Hall–Kier alpha value is -1.49. The molecule has 0 fully saturated rings. The Morgan fingerprint density at radius 2 is 2.46 bits per heavy atom. The summed E-state index contributed by atoms with van der Waals surface area (Å²) in [6, 6.07) is -0.754. The fraction of sp³-hybridized carbons (Fsp3) is 0.375. The highest BCUT2D eigenvalue weighted by molar-refractivity contribution is 5.73. The van der Waals surface area contributed by atoms with Gasteiger partial charge in [0.2, 0.25) is 6.29 Å². The van der Waals surface area contributed by atoms with E-state index in [9.17, 15) is 9.90 Å². The Labute approximate surface area is 75.3 Å². The third-order valence-corrected chi connectivity index (χ3v) is 1.58. The monoisotopic (exact) mass is 185 g/mol. The number of hydrogen-bond donors (Lipinski definition) is 3. The molecule has 0 radical (unpaired) electrons. The zero-order valence-corrected chi connectivity index (χ0v) is 7.10. The first-order chi connectivity index (χ1) is 6.11. The van der Waals surface area contributed by atoms with E-state index in [4.69, 9.17) is 9.84 Å². The average molecular weight is 185 g/mol. The first-order valence-corrected chi connectivity index (χ1v) is 3.81. The lowest BCUT2D eigenvalue weighted by molar-refractivity contribution is -0.139. The minimum atomic E-state index is -1.10. The zero-order valence-electron chi connectivity index (χ0n) is 7.10. The molecule has 1 aliphatic rings. The van der Waals surface area contributed by atoms with E-state index < -0.39 is 18.3 Å². The predicted octanol–water partition coefficient (Wildman–Crippen LogP) is -0.205. The lowest BCUT2D eigenvalue weighted by atomic mass is 10.2. The number of aliphatic hydroxyl groups is 1. The molecule has 1 heterocycles. The number of carboxylic acid groups (broad SMARTS) is 1. The maximum absolute atomic E-state index is 10.4. The van der Waals surface area contributed by atoms with Crippen LogP contribution >= 0.6 is 0 Å². The molecule has 0 aromatic carbocycles. The number of carboxylic acids is 1. The lowest BCUT2D eigenvalue weighted by Crippen LogP contribution is -2.37. The number of aliphatic carboxylic acids is 1. The van der Waals surface area contributed by atoms with Gasteiger partial charge in [-0.1, -0.05) is 0 Å². The van der Waals surface area contributed by atoms with Gasteiger partial charge >= 0.3 is 5.97 Å². The third-order valence-electron chi connectivity index (χ3n) is 1.58. The molecule has 0 aromatic heterocycles.